The molecule has 3 saturated heterocycles. The maximum Gasteiger partial charge on any atom is 1.00 e. The minimum atomic E-state index is -4.44. The zero-order chi connectivity index (χ0) is 76.1. The summed E-state index contributed by atoms with van der Waals surface area (Å²) in [6.45, 7) is 4.35. The molecule has 5 atom stereocenters. The van der Waals surface area contributed by atoms with E-state index in [0.717, 1.165) is 64.2 Å². The van der Waals surface area contributed by atoms with E-state index in [4.69, 9.17) is 72.7 Å². The summed E-state index contributed by atoms with van der Waals surface area (Å²) in [6.07, 6.45) is 7.45. The number of hydrogen-bond donors (Lipinski definition) is 1. The number of esters is 5. The van der Waals surface area contributed by atoms with Gasteiger partial charge >= 0.3 is 77.7 Å². The first-order valence-corrected chi connectivity index (χ1v) is 39.5. The topological polar surface area (TPSA) is 304 Å². The van der Waals surface area contributed by atoms with E-state index in [1.807, 2.05) is 101 Å². The molecule has 2 aliphatic carbocycles. The van der Waals surface area contributed by atoms with Gasteiger partial charge in [-0.25, -0.2) is 68.3 Å². The number of anilines is 2. The van der Waals surface area contributed by atoms with Crippen molar-refractivity contribution in [2.24, 2.45) is 0 Å². The average Bonchev–Trinajstić information content (AvgIpc) is 1.30. The van der Waals surface area contributed by atoms with Crippen LogP contribution in [0.1, 0.15) is 108 Å². The number of benzene rings is 5. The van der Waals surface area contributed by atoms with Gasteiger partial charge in [0.15, 0.2) is 12.8 Å². The number of hydrogen-bond acceptors (Lipinski definition) is 20. The Morgan fingerprint density at radius 3 is 1.31 bits per heavy atom. The molecule has 0 spiro atoms. The first kappa shape index (κ1) is 91.0. The molecule has 0 bridgehead atoms. The Labute approximate surface area is 688 Å². The summed E-state index contributed by atoms with van der Waals surface area (Å²) in [7, 11) is -8.35. The molecule has 3 heterocycles. The smallest absolute Gasteiger partial charge is 1.00 e. The monoisotopic (exact) mass is 1820 g/mol. The van der Waals surface area contributed by atoms with Gasteiger partial charge < -0.3 is 61.9 Å². The van der Waals surface area contributed by atoms with Crippen molar-refractivity contribution in [3.05, 3.63) is 189 Å². The van der Waals surface area contributed by atoms with Gasteiger partial charge in [-0.05, 0) is 167 Å². The average molecular weight is 1820 g/mol. The van der Waals surface area contributed by atoms with Gasteiger partial charge in [0, 0.05) is 19.6 Å². The number of likely N-dealkylation sites (tertiary alicyclic amines) is 3. The van der Waals surface area contributed by atoms with Crippen LogP contribution in [0.15, 0.2) is 151 Å². The summed E-state index contributed by atoms with van der Waals surface area (Å²) in [5.74, 6) is -4.03. The Morgan fingerprint density at radius 1 is 0.514 bits per heavy atom. The number of alkyl halides is 2. The number of allylic oxidation sites excluding steroid dienone is 2. The fraction of sp³-hybridized carbons (Fsp3) is 0.417. The first-order chi connectivity index (χ1) is 50.4. The van der Waals surface area contributed by atoms with Gasteiger partial charge in [-0.1, -0.05) is 138 Å². The molecule has 3 fully saturated rings. The fourth-order valence-electron chi connectivity index (χ4n) is 11.7. The SMILES string of the molecule is CCOC(=O)C1=CCCCC1S(=O)(=O)N(COC(=O)N1CCC[C@@H]1C(=O)OCc1ccccc1)c1ccc(F)cc1Cl.CCOC(=O)C1=CCCCC1S(=O)(=O)Nc1ccc(F)cc1Cl.O=C(OCc1ccccc1)[C@H]1CCCN1C(=O)OCCl.O=C(OCc1ccccc1)[C@H]1CCCN1C(=O)OCI.[I-].[Na+]. The molecule has 107 heavy (non-hydrogen) atoms. The van der Waals surface area contributed by atoms with Crippen LogP contribution in [-0.4, -0.2) is 159 Å². The molecule has 5 aromatic rings. The van der Waals surface area contributed by atoms with Gasteiger partial charge in [-0.2, -0.15) is 0 Å². The summed E-state index contributed by atoms with van der Waals surface area (Å²) in [4.78, 5) is 102. The Bertz CT molecular complexity index is 4010. The summed E-state index contributed by atoms with van der Waals surface area (Å²) < 4.78 is 125. The minimum absolute atomic E-state index is 0. The molecule has 5 aromatic carbocycles. The Balaban J connectivity index is 0.000000270. The van der Waals surface area contributed by atoms with Gasteiger partial charge in [-0.3, -0.25) is 19.4 Å². The van der Waals surface area contributed by atoms with Crippen LogP contribution in [0.3, 0.4) is 0 Å². The predicted molar refractivity (Wildman–Crippen MR) is 393 cm³/mol. The number of amides is 3. The number of nitrogens with zero attached hydrogens (tertiary/aromatic N) is 4. The van der Waals surface area contributed by atoms with Gasteiger partial charge in [0.1, 0.15) is 64.7 Å². The third-order valence-electron chi connectivity index (χ3n) is 16.8. The molecule has 10 rings (SSSR count). The van der Waals surface area contributed by atoms with Gasteiger partial charge in [0.25, 0.3) is 0 Å². The molecule has 0 radical (unpaired) electrons. The molecule has 1 N–H and O–H groups in total. The minimum Gasteiger partial charge on any atom is -1.00 e. The zero-order valence-corrected chi connectivity index (χ0v) is 69.1. The number of carbonyl (C=O) groups is 8. The second kappa shape index (κ2) is 46.2. The fourth-order valence-corrected chi connectivity index (χ4v) is 16.2. The quantitative estimate of drug-likeness (QED) is 0.0165. The molecular formula is C72H81Cl3F2I2N5NaO20S2. The number of nitrogens with one attached hydrogen (secondary N) is 1. The van der Waals surface area contributed by atoms with Crippen LogP contribution in [-0.2, 0) is 102 Å². The van der Waals surface area contributed by atoms with E-state index in [2.05, 4.69) is 4.72 Å². The molecule has 5 aliphatic rings. The summed E-state index contributed by atoms with van der Waals surface area (Å²) in [6, 6.07) is 32.2. The van der Waals surface area contributed by atoms with Crippen molar-refractivity contribution in [1.29, 1.82) is 0 Å². The normalized spacial score (nSPS) is 17.9. The molecule has 2 unspecified atom stereocenters. The number of rotatable bonds is 23. The Kier molecular flexibility index (Phi) is 39.3. The molecule has 35 heteroatoms. The number of halogens is 7. The summed E-state index contributed by atoms with van der Waals surface area (Å²) in [5, 5.41) is -2.62. The number of carbonyl (C=O) groups excluding carboxylic acids is 8. The van der Waals surface area contributed by atoms with E-state index in [1.165, 1.54) is 26.8 Å². The molecular weight excluding hydrogens is 1740 g/mol. The molecule has 3 amide bonds. The maximum absolute atomic E-state index is 14.0. The van der Waals surface area contributed by atoms with E-state index in [1.54, 1.807) is 32.1 Å². The molecule has 576 valence electrons. The van der Waals surface area contributed by atoms with Gasteiger partial charge in [-0.15, -0.1) is 0 Å². The largest absolute Gasteiger partial charge is 1.00 e. The third kappa shape index (κ3) is 27.2. The first-order valence-electron chi connectivity index (χ1n) is 33.6. The summed E-state index contributed by atoms with van der Waals surface area (Å²) in [5.41, 5.74) is 2.66. The van der Waals surface area contributed by atoms with E-state index < -0.39 is 109 Å². The van der Waals surface area contributed by atoms with Crippen LogP contribution in [0.4, 0.5) is 34.5 Å². The van der Waals surface area contributed by atoms with Crippen molar-refractivity contribution in [2.75, 3.05) is 59.3 Å². The predicted octanol–water partition coefficient (Wildman–Crippen LogP) is 7.48. The van der Waals surface area contributed by atoms with Crippen molar-refractivity contribution in [2.45, 2.75) is 139 Å². The van der Waals surface area contributed by atoms with Crippen molar-refractivity contribution < 1.29 is 155 Å². The standard InChI is InChI=1S/C29H32ClFN2O8S.C15H17ClFNO4S.C14H16ClNO4.C14H16INO4.HI.Na/c1-2-39-27(34)22-11-6-7-13-26(22)42(37,38)33(24-15-14-21(31)17-23(24)30)19-41-29(36)32-16-8-12-25(32)28(35)40-18-20-9-4-3-5-10-20;1-2-22-15(19)11-5-3-4-6-14(11)23(20,21)18-13-8-7-10(17)9-12(13)16;2*15-10-20-14(18)16-8-4-7-12(16)13(17)19-9-11-5-2-1-3-6-11;;/h3-5,9-11,14-15,17,25-26H,2,6-8,12-13,16,18-19H2,1H3;5,7-9,14,18H,2-4,6H2,1H3;2*1-3,5-6,12H,4,7-10H2;1H;/q;;;;;+1/p-1/t25-,26?;;2*12-;;/m1.11../s1. The molecule has 3 aliphatic heterocycles. The molecule has 0 aromatic heterocycles. The second-order valence-electron chi connectivity index (χ2n) is 23.8. The van der Waals surface area contributed by atoms with Crippen molar-refractivity contribution in [3.8, 4) is 0 Å². The Morgan fingerprint density at radius 2 is 0.907 bits per heavy atom. The van der Waals surface area contributed by atoms with Crippen LogP contribution in [0.2, 0.25) is 10.0 Å². The number of ether oxygens (including phenoxy) is 8. The summed E-state index contributed by atoms with van der Waals surface area (Å²) >= 11 is 19.4. The van der Waals surface area contributed by atoms with Crippen molar-refractivity contribution >= 4 is 137 Å². The second-order valence-corrected chi connectivity index (χ2v) is 29.3. The number of sulfonamides is 2. The van der Waals surface area contributed by atoms with E-state index in [-0.39, 0.29) is 149 Å². The van der Waals surface area contributed by atoms with Gasteiger partial charge in [0.05, 0.1) is 45.8 Å². The van der Waals surface area contributed by atoms with Crippen LogP contribution in [0, 0.1) is 11.6 Å². The van der Waals surface area contributed by atoms with Crippen molar-refractivity contribution in [1.82, 2.24) is 14.7 Å². The van der Waals surface area contributed by atoms with E-state index in [9.17, 15) is 64.0 Å². The van der Waals surface area contributed by atoms with Crippen molar-refractivity contribution in [3.63, 3.8) is 0 Å². The van der Waals surface area contributed by atoms with E-state index >= 15 is 0 Å². The van der Waals surface area contributed by atoms with Crippen LogP contribution < -0.4 is 62.6 Å². The van der Waals surface area contributed by atoms with Crippen LogP contribution in [0.25, 0.3) is 0 Å². The van der Waals surface area contributed by atoms with Gasteiger partial charge in [0.2, 0.25) is 20.0 Å². The van der Waals surface area contributed by atoms with Crippen LogP contribution >= 0.6 is 57.4 Å². The maximum atomic E-state index is 14.0. The van der Waals surface area contributed by atoms with Crippen LogP contribution in [0.5, 0.6) is 0 Å². The Hall–Kier alpha value is -6.57. The molecule has 25 nitrogen and oxygen atoms in total. The zero-order valence-electron chi connectivity index (χ0n) is 58.8. The third-order valence-corrected chi connectivity index (χ3v) is 21.7. The molecule has 0 saturated carbocycles. The van der Waals surface area contributed by atoms with E-state index in [0.29, 0.717) is 70.9 Å².